The average Bonchev–Trinajstić information content (AvgIpc) is 2.76. The lowest BCUT2D eigenvalue weighted by atomic mass is 9.98. The first-order valence-corrected chi connectivity index (χ1v) is 8.17. The number of nitrogens with zero attached hydrogens (tertiary/aromatic N) is 1. The van der Waals surface area contributed by atoms with Crippen LogP contribution in [0.4, 0.5) is 0 Å². The topological polar surface area (TPSA) is 32.3 Å². The fourth-order valence-corrected chi connectivity index (χ4v) is 3.94. The van der Waals surface area contributed by atoms with E-state index in [9.17, 15) is 4.79 Å². The van der Waals surface area contributed by atoms with E-state index in [1.807, 2.05) is 36.2 Å². The van der Waals surface area contributed by atoms with Crippen LogP contribution >= 0.6 is 28.3 Å². The Morgan fingerprint density at radius 3 is 2.62 bits per heavy atom. The molecule has 0 saturated carbocycles. The van der Waals surface area contributed by atoms with Crippen LogP contribution in [0.3, 0.4) is 0 Å². The fraction of sp³-hybridized carbons (Fsp3) is 0.562. The lowest BCUT2D eigenvalue weighted by Gasteiger charge is -2.35. The molecule has 1 aromatic rings. The normalized spacial score (nSPS) is 27.0. The van der Waals surface area contributed by atoms with Crippen molar-refractivity contribution in [1.82, 2.24) is 10.2 Å². The SMILES string of the molecule is CN(C(=O)Cc1cccc(Br)c1)C1CC2CCC(C1)N2.Cl. The van der Waals surface area contributed by atoms with Crippen molar-refractivity contribution in [3.05, 3.63) is 34.3 Å². The van der Waals surface area contributed by atoms with Crippen molar-refractivity contribution in [1.29, 1.82) is 0 Å². The van der Waals surface area contributed by atoms with E-state index in [1.165, 1.54) is 12.8 Å². The van der Waals surface area contributed by atoms with Gasteiger partial charge in [-0.1, -0.05) is 28.1 Å². The summed E-state index contributed by atoms with van der Waals surface area (Å²) < 4.78 is 1.03. The smallest absolute Gasteiger partial charge is 0.226 e. The lowest BCUT2D eigenvalue weighted by Crippen LogP contribution is -2.49. The maximum Gasteiger partial charge on any atom is 0.226 e. The highest BCUT2D eigenvalue weighted by Crippen LogP contribution is 2.29. The quantitative estimate of drug-likeness (QED) is 0.882. The highest BCUT2D eigenvalue weighted by atomic mass is 79.9. The van der Waals surface area contributed by atoms with Crippen molar-refractivity contribution in [3.8, 4) is 0 Å². The summed E-state index contributed by atoms with van der Waals surface area (Å²) in [6, 6.07) is 9.67. The monoisotopic (exact) mass is 372 g/mol. The Bertz CT molecular complexity index is 499. The molecule has 116 valence electrons. The van der Waals surface area contributed by atoms with Crippen LogP contribution in [0.5, 0.6) is 0 Å². The van der Waals surface area contributed by atoms with Crippen LogP contribution < -0.4 is 5.32 Å². The summed E-state index contributed by atoms with van der Waals surface area (Å²) in [7, 11) is 1.97. The van der Waals surface area contributed by atoms with Gasteiger partial charge < -0.3 is 10.2 Å². The lowest BCUT2D eigenvalue weighted by molar-refractivity contribution is -0.131. The largest absolute Gasteiger partial charge is 0.342 e. The number of hydrogen-bond donors (Lipinski definition) is 1. The first-order chi connectivity index (χ1) is 9.61. The molecule has 0 radical (unpaired) electrons. The van der Waals surface area contributed by atoms with Crippen LogP contribution in [0.25, 0.3) is 0 Å². The van der Waals surface area contributed by atoms with Crippen molar-refractivity contribution < 1.29 is 4.79 Å². The molecule has 2 aliphatic heterocycles. The van der Waals surface area contributed by atoms with Gasteiger partial charge in [-0.05, 0) is 43.4 Å². The van der Waals surface area contributed by atoms with Gasteiger partial charge >= 0.3 is 0 Å². The number of fused-ring (bicyclic) bond motifs is 2. The number of piperidine rings is 1. The molecule has 0 aromatic heterocycles. The molecule has 2 heterocycles. The zero-order valence-corrected chi connectivity index (χ0v) is 14.6. The van der Waals surface area contributed by atoms with Crippen LogP contribution in [-0.4, -0.2) is 36.0 Å². The van der Waals surface area contributed by atoms with E-state index in [4.69, 9.17) is 0 Å². The van der Waals surface area contributed by atoms with Gasteiger partial charge in [0, 0.05) is 29.6 Å². The van der Waals surface area contributed by atoms with Crippen LogP contribution in [0.2, 0.25) is 0 Å². The van der Waals surface area contributed by atoms with Crippen molar-refractivity contribution >= 4 is 34.2 Å². The third kappa shape index (κ3) is 3.99. The van der Waals surface area contributed by atoms with Crippen molar-refractivity contribution in [3.63, 3.8) is 0 Å². The summed E-state index contributed by atoms with van der Waals surface area (Å²) in [4.78, 5) is 14.4. The van der Waals surface area contributed by atoms with Crippen molar-refractivity contribution in [2.75, 3.05) is 7.05 Å². The summed E-state index contributed by atoms with van der Waals surface area (Å²) in [6.07, 6.45) is 5.26. The standard InChI is InChI=1S/C16H21BrN2O.ClH/c1-19(15-9-13-5-6-14(10-15)18-13)16(20)8-11-3-2-4-12(17)7-11;/h2-4,7,13-15,18H,5-6,8-10H2,1H3;1H. The van der Waals surface area contributed by atoms with E-state index in [1.54, 1.807) is 0 Å². The first kappa shape index (κ1) is 16.8. The van der Waals surface area contributed by atoms with Gasteiger partial charge in [-0.25, -0.2) is 0 Å². The van der Waals surface area contributed by atoms with E-state index in [-0.39, 0.29) is 18.3 Å². The zero-order chi connectivity index (χ0) is 14.1. The van der Waals surface area contributed by atoms with Gasteiger partial charge in [-0.3, -0.25) is 4.79 Å². The van der Waals surface area contributed by atoms with E-state index in [0.29, 0.717) is 24.5 Å². The summed E-state index contributed by atoms with van der Waals surface area (Å²) in [6.45, 7) is 0. The third-order valence-corrected chi connectivity index (χ3v) is 5.13. The van der Waals surface area contributed by atoms with Gasteiger partial charge in [-0.15, -0.1) is 12.4 Å². The molecule has 2 fully saturated rings. The molecule has 1 amide bonds. The number of carbonyl (C=O) groups excluding carboxylic acids is 1. The Balaban J connectivity index is 0.00000161. The van der Waals surface area contributed by atoms with Gasteiger partial charge in [0.05, 0.1) is 6.42 Å². The fourth-order valence-electron chi connectivity index (χ4n) is 3.49. The molecule has 2 bridgehead atoms. The maximum atomic E-state index is 12.4. The average molecular weight is 374 g/mol. The molecule has 0 spiro atoms. The van der Waals surface area contributed by atoms with Crippen LogP contribution in [0.15, 0.2) is 28.7 Å². The van der Waals surface area contributed by atoms with Crippen LogP contribution in [-0.2, 0) is 11.2 Å². The molecule has 2 aliphatic rings. The molecular weight excluding hydrogens is 352 g/mol. The summed E-state index contributed by atoms with van der Waals surface area (Å²) in [5.41, 5.74) is 1.08. The molecule has 2 unspecified atom stereocenters. The van der Waals surface area contributed by atoms with Gasteiger partial charge in [-0.2, -0.15) is 0 Å². The number of amides is 1. The van der Waals surface area contributed by atoms with Crippen molar-refractivity contribution in [2.45, 2.75) is 50.2 Å². The minimum atomic E-state index is 0. The number of halogens is 2. The number of benzene rings is 1. The summed E-state index contributed by atoms with van der Waals surface area (Å²) >= 11 is 3.46. The molecule has 2 saturated heterocycles. The van der Waals surface area contributed by atoms with Crippen molar-refractivity contribution in [2.24, 2.45) is 0 Å². The van der Waals surface area contributed by atoms with Gasteiger partial charge in [0.15, 0.2) is 0 Å². The molecule has 3 nitrogen and oxygen atoms in total. The van der Waals surface area contributed by atoms with Crippen LogP contribution in [0, 0.1) is 0 Å². The number of hydrogen-bond acceptors (Lipinski definition) is 2. The molecule has 1 aromatic carbocycles. The second-order valence-corrected chi connectivity index (χ2v) is 6.99. The highest BCUT2D eigenvalue weighted by Gasteiger charge is 2.36. The molecule has 3 rings (SSSR count). The summed E-state index contributed by atoms with van der Waals surface area (Å²) in [5, 5.41) is 3.63. The van der Waals surface area contributed by atoms with E-state index < -0.39 is 0 Å². The molecule has 1 N–H and O–H groups in total. The van der Waals surface area contributed by atoms with Gasteiger partial charge in [0.25, 0.3) is 0 Å². The third-order valence-electron chi connectivity index (χ3n) is 4.63. The predicted molar refractivity (Wildman–Crippen MR) is 90.8 cm³/mol. The number of nitrogens with one attached hydrogen (secondary N) is 1. The number of likely N-dealkylation sites (N-methyl/N-ethyl adjacent to an activating group) is 1. The Kier molecular flexibility index (Phi) is 5.69. The van der Waals surface area contributed by atoms with Gasteiger partial charge in [0.1, 0.15) is 0 Å². The maximum absolute atomic E-state index is 12.4. The van der Waals surface area contributed by atoms with Gasteiger partial charge in [0.2, 0.25) is 5.91 Å². The zero-order valence-electron chi connectivity index (χ0n) is 12.2. The van der Waals surface area contributed by atoms with E-state index in [0.717, 1.165) is 22.9 Å². The second-order valence-electron chi connectivity index (χ2n) is 6.07. The Morgan fingerprint density at radius 1 is 1.33 bits per heavy atom. The molecule has 21 heavy (non-hydrogen) atoms. The Hall–Kier alpha value is -0.580. The molecule has 0 aliphatic carbocycles. The Labute approximate surface area is 141 Å². The van der Waals surface area contributed by atoms with E-state index >= 15 is 0 Å². The Morgan fingerprint density at radius 2 is 2.00 bits per heavy atom. The highest BCUT2D eigenvalue weighted by molar-refractivity contribution is 9.10. The molecule has 5 heteroatoms. The minimum absolute atomic E-state index is 0. The predicted octanol–water partition coefficient (Wildman–Crippen LogP) is 3.15. The minimum Gasteiger partial charge on any atom is -0.342 e. The first-order valence-electron chi connectivity index (χ1n) is 7.38. The number of carbonyl (C=O) groups is 1. The summed E-state index contributed by atoms with van der Waals surface area (Å²) in [5.74, 6) is 0.231. The molecular formula is C16H22BrClN2O. The van der Waals surface area contributed by atoms with Crippen LogP contribution in [0.1, 0.15) is 31.2 Å². The molecule has 2 atom stereocenters. The second kappa shape index (κ2) is 7.12. The van der Waals surface area contributed by atoms with E-state index in [2.05, 4.69) is 21.2 Å². The number of rotatable bonds is 3.